The second-order valence-electron chi connectivity index (χ2n) is 4.22. The van der Waals surface area contributed by atoms with Crippen molar-refractivity contribution in [3.63, 3.8) is 0 Å². The van der Waals surface area contributed by atoms with Crippen LogP contribution < -0.4 is 0 Å². The Morgan fingerprint density at radius 1 is 1.19 bits per heavy atom. The molecular formula is C13H15ClN2. The number of nitrogens with zero attached hydrogens (tertiary/aromatic N) is 2. The highest BCUT2D eigenvalue weighted by Crippen LogP contribution is 2.22. The predicted molar refractivity (Wildman–Crippen MR) is 67.8 cm³/mol. The highest BCUT2D eigenvalue weighted by atomic mass is 35.5. The minimum atomic E-state index is 0.390. The van der Waals surface area contributed by atoms with Gasteiger partial charge in [-0.15, -0.1) is 0 Å². The number of aryl methyl sites for hydroxylation is 1. The van der Waals surface area contributed by atoms with E-state index < -0.39 is 0 Å². The van der Waals surface area contributed by atoms with Gasteiger partial charge in [-0.3, -0.25) is 4.68 Å². The number of halogens is 1. The van der Waals surface area contributed by atoms with Crippen molar-refractivity contribution in [2.24, 2.45) is 0 Å². The Bertz CT molecular complexity index is 483. The lowest BCUT2D eigenvalue weighted by Crippen LogP contribution is -2.04. The van der Waals surface area contributed by atoms with E-state index in [9.17, 15) is 0 Å². The van der Waals surface area contributed by atoms with Gasteiger partial charge in [-0.25, -0.2) is 0 Å². The summed E-state index contributed by atoms with van der Waals surface area (Å²) < 4.78 is 2.03. The highest BCUT2D eigenvalue weighted by Gasteiger charge is 2.08. The van der Waals surface area contributed by atoms with Gasteiger partial charge >= 0.3 is 0 Å². The molecule has 0 unspecified atom stereocenters. The summed E-state index contributed by atoms with van der Waals surface area (Å²) in [6.07, 6.45) is 0. The molecule has 0 atom stereocenters. The Morgan fingerprint density at radius 3 is 2.31 bits per heavy atom. The van der Waals surface area contributed by atoms with Crippen LogP contribution in [0.5, 0.6) is 0 Å². The predicted octanol–water partition coefficient (Wildman–Crippen LogP) is 4.09. The standard InChI is InChI=1S/C13H15ClN2/c1-9(2)16-10(3)8-13(15-16)11-4-6-12(14)7-5-11/h4-9H,1-3H3. The fourth-order valence-corrected chi connectivity index (χ4v) is 1.90. The summed E-state index contributed by atoms with van der Waals surface area (Å²) in [5.41, 5.74) is 3.29. The quantitative estimate of drug-likeness (QED) is 0.765. The van der Waals surface area contributed by atoms with Crippen molar-refractivity contribution in [3.05, 3.63) is 41.0 Å². The first-order chi connectivity index (χ1) is 7.58. The molecule has 0 spiro atoms. The molecule has 1 aromatic carbocycles. The Kier molecular flexibility index (Phi) is 3.01. The van der Waals surface area contributed by atoms with Gasteiger partial charge in [-0.05, 0) is 39.0 Å². The SMILES string of the molecule is Cc1cc(-c2ccc(Cl)cc2)nn1C(C)C. The first-order valence-electron chi connectivity index (χ1n) is 5.40. The van der Waals surface area contributed by atoms with Crippen LogP contribution in [0.4, 0.5) is 0 Å². The Labute approximate surface area is 101 Å². The van der Waals surface area contributed by atoms with E-state index in [1.807, 2.05) is 28.9 Å². The molecule has 0 N–H and O–H groups in total. The lowest BCUT2D eigenvalue weighted by molar-refractivity contribution is 0.520. The fourth-order valence-electron chi connectivity index (χ4n) is 1.77. The molecule has 0 radical (unpaired) electrons. The van der Waals surface area contributed by atoms with Crippen LogP contribution >= 0.6 is 11.6 Å². The van der Waals surface area contributed by atoms with E-state index in [2.05, 4.69) is 31.9 Å². The number of rotatable bonds is 2. The fraction of sp³-hybridized carbons (Fsp3) is 0.308. The van der Waals surface area contributed by atoms with Gasteiger partial charge in [0.1, 0.15) is 0 Å². The lowest BCUT2D eigenvalue weighted by atomic mass is 10.1. The molecule has 0 saturated carbocycles. The number of aromatic nitrogens is 2. The summed E-state index contributed by atoms with van der Waals surface area (Å²) in [5, 5.41) is 5.34. The summed E-state index contributed by atoms with van der Waals surface area (Å²) in [4.78, 5) is 0. The summed E-state index contributed by atoms with van der Waals surface area (Å²) in [6.45, 7) is 6.34. The van der Waals surface area contributed by atoms with E-state index in [1.165, 1.54) is 5.69 Å². The van der Waals surface area contributed by atoms with Crippen LogP contribution in [0.3, 0.4) is 0 Å². The molecule has 3 heteroatoms. The minimum Gasteiger partial charge on any atom is -0.267 e. The van der Waals surface area contributed by atoms with Crippen molar-refractivity contribution < 1.29 is 0 Å². The maximum absolute atomic E-state index is 5.86. The van der Waals surface area contributed by atoms with E-state index >= 15 is 0 Å². The van der Waals surface area contributed by atoms with Crippen LogP contribution in [0.25, 0.3) is 11.3 Å². The first-order valence-corrected chi connectivity index (χ1v) is 5.78. The van der Waals surface area contributed by atoms with Crippen molar-refractivity contribution >= 4 is 11.6 Å². The highest BCUT2D eigenvalue weighted by molar-refractivity contribution is 6.30. The zero-order valence-corrected chi connectivity index (χ0v) is 10.5. The van der Waals surface area contributed by atoms with Gasteiger partial charge in [0.15, 0.2) is 0 Å². The average Bonchev–Trinajstić information content (AvgIpc) is 2.61. The summed E-state index contributed by atoms with van der Waals surface area (Å²) in [7, 11) is 0. The van der Waals surface area contributed by atoms with Gasteiger partial charge in [0.05, 0.1) is 5.69 Å². The monoisotopic (exact) mass is 234 g/mol. The molecule has 0 amide bonds. The van der Waals surface area contributed by atoms with Crippen molar-refractivity contribution in [3.8, 4) is 11.3 Å². The Balaban J connectivity index is 2.41. The molecule has 2 aromatic rings. The van der Waals surface area contributed by atoms with E-state index in [0.717, 1.165) is 16.3 Å². The molecule has 0 aliphatic rings. The Morgan fingerprint density at radius 2 is 1.81 bits per heavy atom. The third-order valence-corrected chi connectivity index (χ3v) is 2.80. The Hall–Kier alpha value is -1.28. The molecule has 1 aromatic heterocycles. The average molecular weight is 235 g/mol. The molecule has 1 heterocycles. The first kappa shape index (κ1) is 11.2. The lowest BCUT2D eigenvalue weighted by Gasteiger charge is -2.06. The van der Waals surface area contributed by atoms with Gasteiger partial charge in [0.25, 0.3) is 0 Å². The summed E-state index contributed by atoms with van der Waals surface area (Å²) in [5.74, 6) is 0. The van der Waals surface area contributed by atoms with Crippen LogP contribution in [0.2, 0.25) is 5.02 Å². The second kappa shape index (κ2) is 4.30. The van der Waals surface area contributed by atoms with Gasteiger partial charge in [-0.1, -0.05) is 23.7 Å². The van der Waals surface area contributed by atoms with Crippen LogP contribution in [0.1, 0.15) is 25.6 Å². The summed E-state index contributed by atoms with van der Waals surface area (Å²) in [6, 6.07) is 10.3. The van der Waals surface area contributed by atoms with Gasteiger partial charge in [0.2, 0.25) is 0 Å². The van der Waals surface area contributed by atoms with Crippen LogP contribution in [0, 0.1) is 6.92 Å². The summed E-state index contributed by atoms with van der Waals surface area (Å²) >= 11 is 5.86. The third kappa shape index (κ3) is 2.12. The maximum Gasteiger partial charge on any atom is 0.0926 e. The van der Waals surface area contributed by atoms with Gasteiger partial charge in [-0.2, -0.15) is 5.10 Å². The van der Waals surface area contributed by atoms with Gasteiger partial charge in [0, 0.05) is 22.3 Å². The van der Waals surface area contributed by atoms with Crippen LogP contribution in [0.15, 0.2) is 30.3 Å². The van der Waals surface area contributed by atoms with E-state index in [-0.39, 0.29) is 0 Å². The molecule has 16 heavy (non-hydrogen) atoms. The normalized spacial score (nSPS) is 11.1. The minimum absolute atomic E-state index is 0.390. The van der Waals surface area contributed by atoms with Crippen molar-refractivity contribution in [1.29, 1.82) is 0 Å². The third-order valence-electron chi connectivity index (χ3n) is 2.55. The molecule has 2 nitrogen and oxygen atoms in total. The molecule has 84 valence electrons. The molecule has 0 fully saturated rings. The molecular weight excluding hydrogens is 220 g/mol. The van der Waals surface area contributed by atoms with E-state index in [4.69, 9.17) is 11.6 Å². The maximum atomic E-state index is 5.86. The van der Waals surface area contributed by atoms with E-state index in [0.29, 0.717) is 6.04 Å². The van der Waals surface area contributed by atoms with Crippen molar-refractivity contribution in [2.45, 2.75) is 26.8 Å². The van der Waals surface area contributed by atoms with Crippen LogP contribution in [-0.2, 0) is 0 Å². The zero-order chi connectivity index (χ0) is 11.7. The number of hydrogen-bond donors (Lipinski definition) is 0. The molecule has 2 rings (SSSR count). The van der Waals surface area contributed by atoms with Crippen molar-refractivity contribution in [2.75, 3.05) is 0 Å². The second-order valence-corrected chi connectivity index (χ2v) is 4.65. The topological polar surface area (TPSA) is 17.8 Å². The largest absolute Gasteiger partial charge is 0.267 e. The van der Waals surface area contributed by atoms with Crippen molar-refractivity contribution in [1.82, 2.24) is 9.78 Å². The van der Waals surface area contributed by atoms with Gasteiger partial charge < -0.3 is 0 Å². The zero-order valence-electron chi connectivity index (χ0n) is 9.74. The molecule has 0 saturated heterocycles. The molecule has 0 aliphatic carbocycles. The van der Waals surface area contributed by atoms with Crippen LogP contribution in [-0.4, -0.2) is 9.78 Å². The molecule has 0 bridgehead atoms. The van der Waals surface area contributed by atoms with E-state index in [1.54, 1.807) is 0 Å². The molecule has 0 aliphatic heterocycles. The smallest absolute Gasteiger partial charge is 0.0926 e. The number of hydrogen-bond acceptors (Lipinski definition) is 1. The number of benzene rings is 1.